The lowest BCUT2D eigenvalue weighted by Crippen LogP contribution is -2.30. The Bertz CT molecular complexity index is 807. The third-order valence-corrected chi connectivity index (χ3v) is 5.52. The monoisotopic (exact) mass is 405 g/mol. The summed E-state index contributed by atoms with van der Waals surface area (Å²) in [5, 5.41) is 4.57. The minimum absolute atomic E-state index is 0.225. The highest BCUT2D eigenvalue weighted by atomic mass is 35.5. The van der Waals surface area contributed by atoms with Gasteiger partial charge < -0.3 is 4.90 Å². The first kappa shape index (κ1) is 19.7. The van der Waals surface area contributed by atoms with E-state index in [4.69, 9.17) is 11.6 Å². The largest absolute Gasteiger partial charge is 0.369 e. The van der Waals surface area contributed by atoms with E-state index in [0.717, 1.165) is 30.8 Å². The normalized spacial score (nSPS) is 14.5. The van der Waals surface area contributed by atoms with E-state index in [9.17, 15) is 9.18 Å². The summed E-state index contributed by atoms with van der Waals surface area (Å²) in [7, 11) is 0. The van der Waals surface area contributed by atoms with Gasteiger partial charge >= 0.3 is 0 Å². The maximum absolute atomic E-state index is 14.4. The van der Waals surface area contributed by atoms with Crippen LogP contribution in [0.15, 0.2) is 52.5 Å². The molecule has 0 unspecified atom stereocenters. The van der Waals surface area contributed by atoms with Gasteiger partial charge in [-0.2, -0.15) is 5.10 Å². The third kappa shape index (κ3) is 5.97. The van der Waals surface area contributed by atoms with Crippen molar-refractivity contribution in [3.8, 4) is 0 Å². The molecular weight excluding hydrogens is 385 g/mol. The Morgan fingerprint density at radius 2 is 1.93 bits per heavy atom. The van der Waals surface area contributed by atoms with Gasteiger partial charge in [-0.3, -0.25) is 4.79 Å². The number of rotatable bonds is 6. The molecule has 0 aromatic heterocycles. The van der Waals surface area contributed by atoms with E-state index in [1.807, 2.05) is 18.2 Å². The Balaban J connectivity index is 1.49. The van der Waals surface area contributed by atoms with Gasteiger partial charge in [-0.25, -0.2) is 9.82 Å². The van der Waals surface area contributed by atoms with E-state index in [-0.39, 0.29) is 17.5 Å². The summed E-state index contributed by atoms with van der Waals surface area (Å²) in [6.45, 7) is 1.79. The average molecular weight is 406 g/mol. The van der Waals surface area contributed by atoms with Crippen LogP contribution >= 0.6 is 23.4 Å². The maximum atomic E-state index is 14.4. The third-order valence-electron chi connectivity index (χ3n) is 4.25. The summed E-state index contributed by atoms with van der Waals surface area (Å²) in [6.07, 6.45) is 4.86. The predicted octanol–water partition coefficient (Wildman–Crippen LogP) is 4.71. The summed E-state index contributed by atoms with van der Waals surface area (Å²) in [6, 6.07) is 12.3. The molecule has 2 aromatic carbocycles. The fraction of sp³-hybridized carbons (Fsp3) is 0.300. The van der Waals surface area contributed by atoms with Crippen LogP contribution in [0.4, 0.5) is 10.1 Å². The summed E-state index contributed by atoms with van der Waals surface area (Å²) >= 11 is 7.22. The van der Waals surface area contributed by atoms with E-state index >= 15 is 0 Å². The van der Waals surface area contributed by atoms with Gasteiger partial charge in [-0.15, -0.1) is 11.8 Å². The van der Waals surface area contributed by atoms with Crippen molar-refractivity contribution in [3.05, 3.63) is 58.9 Å². The van der Waals surface area contributed by atoms with Crippen molar-refractivity contribution in [3.63, 3.8) is 0 Å². The zero-order valence-electron chi connectivity index (χ0n) is 14.8. The number of nitrogens with one attached hydrogen (secondary N) is 1. The number of benzene rings is 2. The Morgan fingerprint density at radius 1 is 1.19 bits per heavy atom. The van der Waals surface area contributed by atoms with Crippen LogP contribution in [0, 0.1) is 5.82 Å². The second kappa shape index (κ2) is 9.76. The summed E-state index contributed by atoms with van der Waals surface area (Å²) in [5.74, 6) is -0.247. The number of nitrogens with zero attached hydrogens (tertiary/aromatic N) is 2. The zero-order chi connectivity index (χ0) is 19.1. The molecule has 3 rings (SSSR count). The van der Waals surface area contributed by atoms with E-state index < -0.39 is 0 Å². The molecule has 1 fully saturated rings. The Morgan fingerprint density at radius 3 is 2.63 bits per heavy atom. The number of hydrazone groups is 1. The van der Waals surface area contributed by atoms with Crippen molar-refractivity contribution in [2.45, 2.75) is 24.2 Å². The molecule has 1 aliphatic heterocycles. The molecule has 0 atom stereocenters. The van der Waals surface area contributed by atoms with Crippen LogP contribution in [-0.4, -0.2) is 31.0 Å². The first-order chi connectivity index (χ1) is 13.1. The van der Waals surface area contributed by atoms with Gasteiger partial charge in [0.25, 0.3) is 0 Å². The fourth-order valence-corrected chi connectivity index (χ4v) is 3.70. The number of carbonyl (C=O) groups excluding carboxylic acids is 1. The molecule has 4 nitrogen and oxygen atoms in total. The SMILES string of the molecule is O=C(CSc1ccc(Cl)cc1)N/N=C\c1ccc(N2CCCCC2)c(F)c1. The number of carbonyl (C=O) groups is 1. The first-order valence-electron chi connectivity index (χ1n) is 8.86. The highest BCUT2D eigenvalue weighted by molar-refractivity contribution is 8.00. The second-order valence-corrected chi connectivity index (χ2v) is 7.78. The highest BCUT2D eigenvalue weighted by Gasteiger charge is 2.14. The molecule has 1 amide bonds. The summed E-state index contributed by atoms with van der Waals surface area (Å²) in [5.41, 5.74) is 3.71. The van der Waals surface area contributed by atoms with Crippen LogP contribution in [0.25, 0.3) is 0 Å². The van der Waals surface area contributed by atoms with Crippen molar-refractivity contribution >= 4 is 41.2 Å². The molecule has 1 N–H and O–H groups in total. The molecule has 0 radical (unpaired) electrons. The lowest BCUT2D eigenvalue weighted by molar-refractivity contribution is -0.118. The van der Waals surface area contributed by atoms with Gasteiger partial charge in [-0.05, 0) is 61.2 Å². The standard InChI is InChI=1S/C20H21ClFN3OS/c21-16-5-7-17(8-6-16)27-14-20(26)24-23-13-15-4-9-19(18(22)12-15)25-10-2-1-3-11-25/h4-9,12-13H,1-3,10-11,14H2,(H,24,26)/b23-13-. The molecule has 1 saturated heterocycles. The van der Waals surface area contributed by atoms with E-state index in [1.165, 1.54) is 30.5 Å². The van der Waals surface area contributed by atoms with Gasteiger partial charge in [0.05, 0.1) is 17.7 Å². The van der Waals surface area contributed by atoms with E-state index in [2.05, 4.69) is 15.4 Å². The Kier molecular flexibility index (Phi) is 7.12. The van der Waals surface area contributed by atoms with E-state index in [1.54, 1.807) is 18.2 Å². The quantitative estimate of drug-likeness (QED) is 0.430. The van der Waals surface area contributed by atoms with Crippen LogP contribution in [0.5, 0.6) is 0 Å². The molecule has 27 heavy (non-hydrogen) atoms. The van der Waals surface area contributed by atoms with Crippen molar-refractivity contribution < 1.29 is 9.18 Å². The molecular formula is C20H21ClFN3OS. The molecule has 142 valence electrons. The molecule has 1 heterocycles. The lowest BCUT2D eigenvalue weighted by Gasteiger charge is -2.29. The van der Waals surface area contributed by atoms with Crippen molar-refractivity contribution in [2.24, 2.45) is 5.10 Å². The fourth-order valence-electron chi connectivity index (χ4n) is 2.89. The number of hydrogen-bond acceptors (Lipinski definition) is 4. The minimum atomic E-state index is -0.259. The number of halogens is 2. The molecule has 2 aromatic rings. The Hall–Kier alpha value is -2.05. The second-order valence-electron chi connectivity index (χ2n) is 6.29. The zero-order valence-corrected chi connectivity index (χ0v) is 16.4. The lowest BCUT2D eigenvalue weighted by atomic mass is 10.1. The van der Waals surface area contributed by atoms with Crippen molar-refractivity contribution in [1.29, 1.82) is 0 Å². The van der Waals surface area contributed by atoms with Crippen LogP contribution in [0.1, 0.15) is 24.8 Å². The number of anilines is 1. The number of hydrogen-bond donors (Lipinski definition) is 1. The summed E-state index contributed by atoms with van der Waals surface area (Å²) < 4.78 is 14.4. The number of thioether (sulfide) groups is 1. The van der Waals surface area contributed by atoms with Crippen LogP contribution < -0.4 is 10.3 Å². The molecule has 0 spiro atoms. The highest BCUT2D eigenvalue weighted by Crippen LogP contribution is 2.23. The van der Waals surface area contributed by atoms with Gasteiger partial charge in [0.2, 0.25) is 5.91 Å². The molecule has 0 bridgehead atoms. The summed E-state index contributed by atoms with van der Waals surface area (Å²) in [4.78, 5) is 14.9. The topological polar surface area (TPSA) is 44.7 Å². The molecule has 0 saturated carbocycles. The van der Waals surface area contributed by atoms with Crippen LogP contribution in [0.3, 0.4) is 0 Å². The van der Waals surface area contributed by atoms with E-state index in [0.29, 0.717) is 16.3 Å². The minimum Gasteiger partial charge on any atom is -0.369 e. The maximum Gasteiger partial charge on any atom is 0.250 e. The van der Waals surface area contributed by atoms with Crippen LogP contribution in [0.2, 0.25) is 5.02 Å². The number of piperidine rings is 1. The Labute approximate surface area is 167 Å². The first-order valence-corrected chi connectivity index (χ1v) is 10.2. The van der Waals surface area contributed by atoms with Crippen molar-refractivity contribution in [1.82, 2.24) is 5.43 Å². The van der Waals surface area contributed by atoms with Gasteiger partial charge in [0, 0.05) is 23.0 Å². The van der Waals surface area contributed by atoms with Gasteiger partial charge in [0.1, 0.15) is 5.82 Å². The molecule has 1 aliphatic rings. The molecule has 0 aliphatic carbocycles. The van der Waals surface area contributed by atoms with Gasteiger partial charge in [0.15, 0.2) is 0 Å². The molecule has 7 heteroatoms. The number of amides is 1. The average Bonchev–Trinajstić information content (AvgIpc) is 2.68. The predicted molar refractivity (Wildman–Crippen MR) is 110 cm³/mol. The smallest absolute Gasteiger partial charge is 0.250 e. The van der Waals surface area contributed by atoms with Crippen LogP contribution in [-0.2, 0) is 4.79 Å². The van der Waals surface area contributed by atoms with Crippen molar-refractivity contribution in [2.75, 3.05) is 23.7 Å². The van der Waals surface area contributed by atoms with Gasteiger partial charge in [-0.1, -0.05) is 17.7 Å².